The number of benzene rings is 2. The minimum Gasteiger partial charge on any atom is -0.490 e. The van der Waals surface area contributed by atoms with E-state index in [1.165, 1.54) is 30.6 Å². The topological polar surface area (TPSA) is 98.2 Å². The molecule has 0 saturated heterocycles. The molecule has 7 rings (SSSR count). The Bertz CT molecular complexity index is 2100. The van der Waals surface area contributed by atoms with E-state index in [9.17, 15) is 9.18 Å². The zero-order chi connectivity index (χ0) is 31.2. The maximum absolute atomic E-state index is 16.0. The molecule has 0 radical (unpaired) electrons. The molecule has 4 aromatic heterocycles. The molecule has 1 aliphatic rings. The molecule has 9 nitrogen and oxygen atoms in total. The normalized spacial score (nSPS) is 14.7. The fraction of sp³-hybridized carbons (Fsp3) is 0.212. The molecule has 228 valence electrons. The summed E-state index contributed by atoms with van der Waals surface area (Å²) in [5.74, 6) is -1.68. The van der Waals surface area contributed by atoms with Gasteiger partial charge in [-0.15, -0.1) is 11.3 Å². The Morgan fingerprint density at radius 3 is 2.84 bits per heavy atom. The number of methoxy groups -OCH3 is 1. The lowest BCUT2D eigenvalue weighted by molar-refractivity contribution is -0.129. The smallest absolute Gasteiger partial charge is 0.246 e. The van der Waals surface area contributed by atoms with E-state index >= 15 is 4.39 Å². The van der Waals surface area contributed by atoms with E-state index in [-0.39, 0.29) is 36.5 Å². The van der Waals surface area contributed by atoms with Crippen LogP contribution in [0, 0.1) is 11.6 Å². The van der Waals surface area contributed by atoms with Gasteiger partial charge in [-0.2, -0.15) is 10.2 Å². The van der Waals surface area contributed by atoms with Crippen molar-refractivity contribution in [1.29, 1.82) is 0 Å². The number of H-pyrrole nitrogens is 1. The lowest BCUT2D eigenvalue weighted by Crippen LogP contribution is -2.44. The van der Waals surface area contributed by atoms with Gasteiger partial charge in [0.1, 0.15) is 35.4 Å². The quantitative estimate of drug-likeness (QED) is 0.151. The Hall–Kier alpha value is -4.94. The van der Waals surface area contributed by atoms with Crippen molar-refractivity contribution in [2.75, 3.05) is 20.3 Å². The Morgan fingerprint density at radius 1 is 1.16 bits per heavy atom. The Labute approximate surface area is 260 Å². The fourth-order valence-corrected chi connectivity index (χ4v) is 6.79. The van der Waals surface area contributed by atoms with Crippen LogP contribution in [0.2, 0.25) is 0 Å². The number of rotatable bonds is 8. The third kappa shape index (κ3) is 5.05. The number of hydrogen-bond donors (Lipinski definition) is 1. The third-order valence-corrected chi connectivity index (χ3v) is 8.93. The summed E-state index contributed by atoms with van der Waals surface area (Å²) >= 11 is 1.43. The minimum absolute atomic E-state index is 0.0372. The average molecular weight is 627 g/mol. The Morgan fingerprint density at radius 2 is 2.02 bits per heavy atom. The van der Waals surface area contributed by atoms with Gasteiger partial charge in [-0.05, 0) is 42.6 Å². The van der Waals surface area contributed by atoms with Gasteiger partial charge >= 0.3 is 0 Å². The van der Waals surface area contributed by atoms with Gasteiger partial charge in [-0.25, -0.2) is 13.8 Å². The minimum atomic E-state index is -0.784. The van der Waals surface area contributed by atoms with Gasteiger partial charge in [0.05, 0.1) is 48.4 Å². The number of carbonyl (C=O) groups excluding carboxylic acids is 1. The second kappa shape index (κ2) is 11.5. The Balaban J connectivity index is 1.49. The van der Waals surface area contributed by atoms with Crippen LogP contribution in [0.5, 0.6) is 5.75 Å². The number of hydrogen-bond acceptors (Lipinski definition) is 7. The number of ether oxygens (including phenoxy) is 2. The highest BCUT2D eigenvalue weighted by Gasteiger charge is 2.30. The molecule has 5 heterocycles. The number of aromatic nitrogens is 5. The van der Waals surface area contributed by atoms with Crippen LogP contribution < -0.4 is 4.74 Å². The van der Waals surface area contributed by atoms with Crippen LogP contribution in [0.15, 0.2) is 66.7 Å². The van der Waals surface area contributed by atoms with Crippen molar-refractivity contribution in [1.82, 2.24) is 29.9 Å². The highest BCUT2D eigenvalue weighted by molar-refractivity contribution is 7.18. The van der Waals surface area contributed by atoms with Gasteiger partial charge in [0, 0.05) is 51.9 Å². The van der Waals surface area contributed by atoms with Gasteiger partial charge in [0.2, 0.25) is 5.91 Å². The lowest BCUT2D eigenvalue weighted by atomic mass is 9.96. The van der Waals surface area contributed by atoms with E-state index in [1.54, 1.807) is 11.1 Å². The van der Waals surface area contributed by atoms with Crippen molar-refractivity contribution >= 4 is 38.2 Å². The highest BCUT2D eigenvalue weighted by Crippen LogP contribution is 2.47. The van der Waals surface area contributed by atoms with Crippen molar-refractivity contribution in [3.05, 3.63) is 84.0 Å². The Kier molecular flexibility index (Phi) is 7.38. The largest absolute Gasteiger partial charge is 0.490 e. The van der Waals surface area contributed by atoms with E-state index in [0.717, 1.165) is 38.3 Å². The predicted molar refractivity (Wildman–Crippen MR) is 169 cm³/mol. The molecular weight excluding hydrogens is 598 g/mol. The molecule has 0 bridgehead atoms. The molecule has 12 heteroatoms. The SMILES string of the molecule is C=CC(=O)N1Cc2cc(-c3nc(-c4ccc5[nH]ncc5c4)c4ccsc4c3-c3c(F)cc(F)cc3OCCOC)nn2C[C@H]1C. The summed E-state index contributed by atoms with van der Waals surface area (Å²) in [5, 5.41) is 15.7. The molecule has 1 N–H and O–H groups in total. The molecule has 2 aromatic carbocycles. The van der Waals surface area contributed by atoms with E-state index in [4.69, 9.17) is 19.6 Å². The fourth-order valence-electron chi connectivity index (χ4n) is 5.84. The summed E-state index contributed by atoms with van der Waals surface area (Å²) in [5.41, 5.74) is 4.64. The molecule has 0 saturated carbocycles. The van der Waals surface area contributed by atoms with Crippen molar-refractivity contribution in [3.63, 3.8) is 0 Å². The monoisotopic (exact) mass is 626 g/mol. The van der Waals surface area contributed by atoms with Crippen LogP contribution in [0.4, 0.5) is 8.78 Å². The van der Waals surface area contributed by atoms with Crippen LogP contribution in [0.3, 0.4) is 0 Å². The van der Waals surface area contributed by atoms with Gasteiger partial charge in [0.25, 0.3) is 0 Å². The standard InChI is InChI=1S/C33H28F2N6O3S/c1-4-28(42)40-17-22-14-26(39-41(22)16-18(40)2)32-30(29-24(35)12-21(34)13-27(29)44-9-8-43-3)33-23(7-10-45-33)31(37-32)19-5-6-25-20(11-19)15-36-38-25/h4-7,10-15,18H,1,8-9,16-17H2,2-3H3,(H,36,38)/t18-/m1/s1. The van der Waals surface area contributed by atoms with Crippen LogP contribution in [-0.4, -0.2) is 62.1 Å². The molecule has 45 heavy (non-hydrogen) atoms. The number of nitrogens with one attached hydrogen (secondary N) is 1. The second-order valence-corrected chi connectivity index (χ2v) is 11.8. The first-order chi connectivity index (χ1) is 21.9. The maximum Gasteiger partial charge on any atom is 0.246 e. The molecule has 0 fully saturated rings. The van der Waals surface area contributed by atoms with Crippen molar-refractivity contribution in [2.24, 2.45) is 0 Å². The molecule has 1 aliphatic heterocycles. The number of carbonyl (C=O) groups is 1. The zero-order valence-electron chi connectivity index (χ0n) is 24.5. The zero-order valence-corrected chi connectivity index (χ0v) is 25.3. The third-order valence-electron chi connectivity index (χ3n) is 8.00. The summed E-state index contributed by atoms with van der Waals surface area (Å²) < 4.78 is 44.2. The number of thiophene rings is 1. The maximum atomic E-state index is 16.0. The summed E-state index contributed by atoms with van der Waals surface area (Å²) in [6.07, 6.45) is 3.05. The summed E-state index contributed by atoms with van der Waals surface area (Å²) in [7, 11) is 1.53. The number of aromatic amines is 1. The molecule has 1 amide bonds. The van der Waals surface area contributed by atoms with E-state index in [0.29, 0.717) is 35.7 Å². The number of halogens is 2. The van der Waals surface area contributed by atoms with E-state index in [2.05, 4.69) is 16.8 Å². The van der Waals surface area contributed by atoms with Crippen LogP contribution in [0.1, 0.15) is 12.6 Å². The van der Waals surface area contributed by atoms with Crippen molar-refractivity contribution in [3.8, 4) is 39.5 Å². The van der Waals surface area contributed by atoms with Crippen LogP contribution in [0.25, 0.3) is 54.8 Å². The summed E-state index contributed by atoms with van der Waals surface area (Å²) in [6.45, 7) is 6.71. The average Bonchev–Trinajstić information content (AvgIpc) is 3.79. The summed E-state index contributed by atoms with van der Waals surface area (Å²) in [6, 6.07) is 11.6. The lowest BCUT2D eigenvalue weighted by Gasteiger charge is -2.33. The first kappa shape index (κ1) is 28.8. The van der Waals surface area contributed by atoms with Gasteiger partial charge < -0.3 is 14.4 Å². The predicted octanol–water partition coefficient (Wildman–Crippen LogP) is 6.59. The molecule has 0 aliphatic carbocycles. The van der Waals surface area contributed by atoms with Gasteiger partial charge in [-0.1, -0.05) is 12.6 Å². The molecule has 0 unspecified atom stereocenters. The summed E-state index contributed by atoms with van der Waals surface area (Å²) in [4.78, 5) is 19.5. The first-order valence-electron chi connectivity index (χ1n) is 14.3. The number of amides is 1. The van der Waals surface area contributed by atoms with Gasteiger partial charge in [0.15, 0.2) is 0 Å². The number of pyridine rings is 1. The first-order valence-corrected chi connectivity index (χ1v) is 15.2. The number of nitrogens with zero attached hydrogens (tertiary/aromatic N) is 5. The highest BCUT2D eigenvalue weighted by atomic mass is 32.1. The van der Waals surface area contributed by atoms with Crippen LogP contribution in [-0.2, 0) is 22.6 Å². The van der Waals surface area contributed by atoms with Gasteiger partial charge in [-0.3, -0.25) is 14.6 Å². The molecule has 0 spiro atoms. The van der Waals surface area contributed by atoms with Crippen molar-refractivity contribution < 1.29 is 23.0 Å². The van der Waals surface area contributed by atoms with Crippen LogP contribution >= 0.6 is 11.3 Å². The van der Waals surface area contributed by atoms with E-state index < -0.39 is 11.6 Å². The number of fused-ring (bicyclic) bond motifs is 3. The molecule has 6 aromatic rings. The van der Waals surface area contributed by atoms with E-state index in [1.807, 2.05) is 47.3 Å². The second-order valence-electron chi connectivity index (χ2n) is 10.8. The van der Waals surface area contributed by atoms with Crippen molar-refractivity contribution in [2.45, 2.75) is 26.1 Å². The molecular formula is C33H28F2N6O3S. The molecule has 1 atom stereocenters.